The van der Waals surface area contributed by atoms with Gasteiger partial charge in [0, 0.05) is 0 Å². The van der Waals surface area contributed by atoms with E-state index in [1.54, 1.807) is 0 Å². The van der Waals surface area contributed by atoms with E-state index < -0.39 is 0 Å². The number of nitrogens with zero attached hydrogens (tertiary/aromatic N) is 2. The summed E-state index contributed by atoms with van der Waals surface area (Å²) in [5.74, 6) is 0. The Kier molecular flexibility index (Phi) is 9.80. The predicted molar refractivity (Wildman–Crippen MR) is 96.5 cm³/mol. The standard InChI is InChI=1S/C19H44N2/c1-9-18(10-2)20(5,6)16-14-13-15-17-21(7,8)19(11-3)12-4/h18-19H,9-17H2,1-8H3/q+2. The minimum Gasteiger partial charge on any atom is -0.326 e. The molecule has 0 aliphatic heterocycles. The van der Waals surface area contributed by atoms with Gasteiger partial charge in [0.05, 0.1) is 53.4 Å². The minimum atomic E-state index is 0.835. The van der Waals surface area contributed by atoms with Crippen LogP contribution in [0.2, 0.25) is 0 Å². The van der Waals surface area contributed by atoms with Crippen LogP contribution in [0, 0.1) is 0 Å². The lowest BCUT2D eigenvalue weighted by atomic mass is 10.1. The van der Waals surface area contributed by atoms with Crippen molar-refractivity contribution in [2.75, 3.05) is 41.3 Å². The molecule has 0 rings (SSSR count). The quantitative estimate of drug-likeness (QED) is 0.362. The fourth-order valence-electron chi connectivity index (χ4n) is 4.13. The number of quaternary nitrogens is 2. The van der Waals surface area contributed by atoms with Crippen LogP contribution in [0.4, 0.5) is 0 Å². The summed E-state index contributed by atoms with van der Waals surface area (Å²) >= 11 is 0. The van der Waals surface area contributed by atoms with Crippen LogP contribution < -0.4 is 0 Å². The molecule has 0 spiro atoms. The molecule has 0 amide bonds. The largest absolute Gasteiger partial charge is 0.326 e. The van der Waals surface area contributed by atoms with Gasteiger partial charge >= 0.3 is 0 Å². The van der Waals surface area contributed by atoms with Gasteiger partial charge in [0.2, 0.25) is 0 Å². The van der Waals surface area contributed by atoms with Gasteiger partial charge in [0.15, 0.2) is 0 Å². The molecule has 0 aliphatic carbocycles. The molecule has 0 atom stereocenters. The summed E-state index contributed by atoms with van der Waals surface area (Å²) < 4.78 is 2.41. The van der Waals surface area contributed by atoms with Gasteiger partial charge in [-0.2, -0.15) is 0 Å². The first-order valence-electron chi connectivity index (χ1n) is 9.40. The molecule has 2 nitrogen and oxygen atoms in total. The Balaban J connectivity index is 4.06. The molecule has 0 aromatic rings. The van der Waals surface area contributed by atoms with E-state index in [0.29, 0.717) is 0 Å². The number of unbranched alkanes of at least 4 members (excludes halogenated alkanes) is 2. The summed E-state index contributed by atoms with van der Waals surface area (Å²) in [6.45, 7) is 12.0. The van der Waals surface area contributed by atoms with Crippen LogP contribution in [0.25, 0.3) is 0 Å². The Labute approximate surface area is 135 Å². The van der Waals surface area contributed by atoms with E-state index in [9.17, 15) is 0 Å². The third-order valence-corrected chi connectivity index (χ3v) is 5.83. The Hall–Kier alpha value is -0.0800. The Bertz CT molecular complexity index is 224. The van der Waals surface area contributed by atoms with E-state index in [-0.39, 0.29) is 0 Å². The van der Waals surface area contributed by atoms with Crippen LogP contribution in [0.1, 0.15) is 72.6 Å². The molecule has 0 fully saturated rings. The van der Waals surface area contributed by atoms with Gasteiger partial charge in [0.1, 0.15) is 0 Å². The average Bonchev–Trinajstić information content (AvgIpc) is 2.40. The number of hydrogen-bond donors (Lipinski definition) is 0. The minimum absolute atomic E-state index is 0.835. The zero-order valence-corrected chi connectivity index (χ0v) is 16.4. The van der Waals surface area contributed by atoms with Crippen molar-refractivity contribution in [3.63, 3.8) is 0 Å². The molecule has 0 N–H and O–H groups in total. The van der Waals surface area contributed by atoms with Crippen molar-refractivity contribution >= 4 is 0 Å². The highest BCUT2D eigenvalue weighted by atomic mass is 15.3. The molecule has 0 radical (unpaired) electrons. The van der Waals surface area contributed by atoms with Gasteiger partial charge in [0.25, 0.3) is 0 Å². The molecular weight excluding hydrogens is 256 g/mol. The summed E-state index contributed by atoms with van der Waals surface area (Å²) in [7, 11) is 9.67. The molecule has 0 aliphatic rings. The summed E-state index contributed by atoms with van der Waals surface area (Å²) in [6.07, 6.45) is 9.39. The van der Waals surface area contributed by atoms with Crippen molar-refractivity contribution in [2.45, 2.75) is 84.7 Å². The molecule has 21 heavy (non-hydrogen) atoms. The second-order valence-corrected chi connectivity index (χ2v) is 8.01. The van der Waals surface area contributed by atoms with Crippen LogP contribution in [0.15, 0.2) is 0 Å². The van der Waals surface area contributed by atoms with Crippen molar-refractivity contribution in [3.05, 3.63) is 0 Å². The molecule has 0 aromatic heterocycles. The van der Waals surface area contributed by atoms with Crippen LogP contribution >= 0.6 is 0 Å². The topological polar surface area (TPSA) is 0 Å². The van der Waals surface area contributed by atoms with E-state index in [1.807, 2.05) is 0 Å². The number of rotatable bonds is 12. The smallest absolute Gasteiger partial charge is 0.0880 e. The molecule has 0 bridgehead atoms. The first-order chi connectivity index (χ1) is 9.75. The second-order valence-electron chi connectivity index (χ2n) is 8.01. The van der Waals surface area contributed by atoms with E-state index in [0.717, 1.165) is 12.1 Å². The lowest BCUT2D eigenvalue weighted by Gasteiger charge is -2.38. The lowest BCUT2D eigenvalue weighted by molar-refractivity contribution is -0.917. The van der Waals surface area contributed by atoms with Gasteiger partial charge in [-0.05, 0) is 44.9 Å². The molecule has 0 aromatic carbocycles. The highest BCUT2D eigenvalue weighted by molar-refractivity contribution is 4.55. The molecule has 0 saturated heterocycles. The fourth-order valence-corrected chi connectivity index (χ4v) is 4.13. The monoisotopic (exact) mass is 300 g/mol. The molecule has 128 valence electrons. The first kappa shape index (κ1) is 20.9. The van der Waals surface area contributed by atoms with E-state index in [1.165, 1.54) is 67.0 Å². The van der Waals surface area contributed by atoms with E-state index in [2.05, 4.69) is 55.9 Å². The van der Waals surface area contributed by atoms with E-state index >= 15 is 0 Å². The number of hydrogen-bond acceptors (Lipinski definition) is 0. The lowest BCUT2D eigenvalue weighted by Crippen LogP contribution is -2.49. The third kappa shape index (κ3) is 7.15. The van der Waals surface area contributed by atoms with Crippen molar-refractivity contribution in [2.24, 2.45) is 0 Å². The van der Waals surface area contributed by atoms with Gasteiger partial charge in [-0.1, -0.05) is 27.7 Å². The predicted octanol–water partition coefficient (Wildman–Crippen LogP) is 4.69. The first-order valence-corrected chi connectivity index (χ1v) is 9.40. The van der Waals surface area contributed by atoms with Crippen molar-refractivity contribution in [1.82, 2.24) is 0 Å². The SMILES string of the molecule is CCC(CC)[N+](C)(C)CCCCC[N+](C)(C)C(CC)CC. The van der Waals surface area contributed by atoms with Crippen LogP contribution in [0.3, 0.4) is 0 Å². The van der Waals surface area contributed by atoms with Gasteiger partial charge in [-0.15, -0.1) is 0 Å². The summed E-state index contributed by atoms with van der Waals surface area (Å²) in [6, 6.07) is 1.67. The summed E-state index contributed by atoms with van der Waals surface area (Å²) in [5, 5.41) is 0. The Morgan fingerprint density at radius 1 is 0.524 bits per heavy atom. The molecule has 0 saturated carbocycles. The molecular formula is C19H44N2+2. The average molecular weight is 301 g/mol. The van der Waals surface area contributed by atoms with Crippen molar-refractivity contribution < 1.29 is 8.97 Å². The summed E-state index contributed by atoms with van der Waals surface area (Å²) in [4.78, 5) is 0. The maximum atomic E-state index is 2.42. The maximum absolute atomic E-state index is 2.42. The van der Waals surface area contributed by atoms with Gasteiger partial charge in [-0.3, -0.25) is 0 Å². The maximum Gasteiger partial charge on any atom is 0.0880 e. The van der Waals surface area contributed by atoms with E-state index in [4.69, 9.17) is 0 Å². The van der Waals surface area contributed by atoms with Crippen molar-refractivity contribution in [3.8, 4) is 0 Å². The van der Waals surface area contributed by atoms with Gasteiger partial charge in [-0.25, -0.2) is 0 Å². The molecule has 2 heteroatoms. The highest BCUT2D eigenvalue weighted by Gasteiger charge is 2.26. The molecule has 0 heterocycles. The molecule has 0 unspecified atom stereocenters. The van der Waals surface area contributed by atoms with Crippen LogP contribution in [0.5, 0.6) is 0 Å². The zero-order chi connectivity index (χ0) is 16.5. The highest BCUT2D eigenvalue weighted by Crippen LogP contribution is 2.18. The zero-order valence-electron chi connectivity index (χ0n) is 16.4. The van der Waals surface area contributed by atoms with Gasteiger partial charge < -0.3 is 8.97 Å². The Morgan fingerprint density at radius 3 is 1.05 bits per heavy atom. The fraction of sp³-hybridized carbons (Fsp3) is 1.00. The normalized spacial score (nSPS) is 13.4. The van der Waals surface area contributed by atoms with Crippen LogP contribution in [-0.2, 0) is 0 Å². The van der Waals surface area contributed by atoms with Crippen molar-refractivity contribution in [1.29, 1.82) is 0 Å². The van der Waals surface area contributed by atoms with Crippen LogP contribution in [-0.4, -0.2) is 62.3 Å². The second kappa shape index (κ2) is 9.84. The third-order valence-electron chi connectivity index (χ3n) is 5.83. The summed E-state index contributed by atoms with van der Waals surface area (Å²) in [5.41, 5.74) is 0. The Morgan fingerprint density at radius 2 is 0.810 bits per heavy atom.